The van der Waals surface area contributed by atoms with Crippen molar-refractivity contribution in [3.05, 3.63) is 48.0 Å². The maximum Gasteiger partial charge on any atom is 0.271 e. The summed E-state index contributed by atoms with van der Waals surface area (Å²) in [7, 11) is 0. The molecular weight excluding hydrogens is 358 g/mol. The predicted molar refractivity (Wildman–Crippen MR) is 106 cm³/mol. The number of anilines is 2. The molecule has 0 spiro atoms. The summed E-state index contributed by atoms with van der Waals surface area (Å²) in [6, 6.07) is 12.8. The first-order valence-electron chi connectivity index (χ1n) is 9.28. The number of fused-ring (bicyclic) bond motifs is 1. The van der Waals surface area contributed by atoms with Crippen molar-refractivity contribution in [2.75, 3.05) is 23.5 Å². The Balaban J connectivity index is 1.53. The van der Waals surface area contributed by atoms with Gasteiger partial charge >= 0.3 is 0 Å². The average molecular weight is 379 g/mol. The standard InChI is InChI=1S/C21H21N3O4/c1-14-4-2-5-16(12-14)24-20(25)9-7-17(23-24)21(26)22-15-6-8-18-19(13-15)28-11-3-10-27-18/h2,4-6,8,12-13H,3,7,9-11H2,1H3,(H,22,26). The summed E-state index contributed by atoms with van der Waals surface area (Å²) in [5.74, 6) is 0.816. The summed E-state index contributed by atoms with van der Waals surface area (Å²) >= 11 is 0. The van der Waals surface area contributed by atoms with Gasteiger partial charge in [-0.05, 0) is 36.8 Å². The second-order valence-corrected chi connectivity index (χ2v) is 6.76. The van der Waals surface area contributed by atoms with E-state index in [1.54, 1.807) is 24.3 Å². The van der Waals surface area contributed by atoms with E-state index in [-0.39, 0.29) is 18.2 Å². The number of amides is 2. The Morgan fingerprint density at radius 2 is 1.89 bits per heavy atom. The molecule has 0 unspecified atom stereocenters. The third-order valence-corrected chi connectivity index (χ3v) is 4.55. The molecule has 2 aliphatic heterocycles. The van der Waals surface area contributed by atoms with Crippen molar-refractivity contribution in [3.8, 4) is 11.5 Å². The van der Waals surface area contributed by atoms with Crippen molar-refractivity contribution in [2.24, 2.45) is 5.10 Å². The van der Waals surface area contributed by atoms with Crippen molar-refractivity contribution >= 4 is 28.9 Å². The number of aryl methyl sites for hydroxylation is 1. The lowest BCUT2D eigenvalue weighted by atomic mass is 10.1. The Labute approximate surface area is 162 Å². The van der Waals surface area contributed by atoms with Gasteiger partial charge in [0.2, 0.25) is 5.91 Å². The Hall–Kier alpha value is -3.35. The van der Waals surface area contributed by atoms with E-state index >= 15 is 0 Å². The first kappa shape index (κ1) is 18.0. The Bertz CT molecular complexity index is 954. The molecule has 1 N–H and O–H groups in total. The number of nitrogens with one attached hydrogen (secondary N) is 1. The maximum absolute atomic E-state index is 12.7. The van der Waals surface area contributed by atoms with Gasteiger partial charge in [-0.2, -0.15) is 5.10 Å². The molecule has 0 saturated heterocycles. The third kappa shape index (κ3) is 3.83. The Kier molecular flexibility index (Phi) is 4.97. The van der Waals surface area contributed by atoms with Gasteiger partial charge in [0, 0.05) is 31.0 Å². The van der Waals surface area contributed by atoms with Crippen LogP contribution in [0.1, 0.15) is 24.8 Å². The summed E-state index contributed by atoms with van der Waals surface area (Å²) in [4.78, 5) is 25.0. The number of hydrogen-bond donors (Lipinski definition) is 1. The fraction of sp³-hybridized carbons (Fsp3) is 0.286. The summed E-state index contributed by atoms with van der Waals surface area (Å²) in [5, 5.41) is 8.45. The Morgan fingerprint density at radius 3 is 2.71 bits per heavy atom. The maximum atomic E-state index is 12.7. The van der Waals surface area contributed by atoms with Crippen LogP contribution in [0.3, 0.4) is 0 Å². The van der Waals surface area contributed by atoms with Crippen LogP contribution in [0.5, 0.6) is 11.5 Å². The SMILES string of the molecule is Cc1cccc(N2N=C(C(=O)Nc3ccc4c(c3)OCCCO4)CCC2=O)c1. The number of carbonyl (C=O) groups excluding carboxylic acids is 2. The molecule has 0 radical (unpaired) electrons. The van der Waals surface area contributed by atoms with Crippen molar-refractivity contribution in [1.82, 2.24) is 0 Å². The average Bonchev–Trinajstić information content (AvgIpc) is 2.93. The summed E-state index contributed by atoms with van der Waals surface area (Å²) in [5.41, 5.74) is 2.58. The number of hydrogen-bond acceptors (Lipinski definition) is 5. The number of carbonyl (C=O) groups is 2. The van der Waals surface area contributed by atoms with Gasteiger partial charge in [0.05, 0.1) is 18.9 Å². The number of hydrazone groups is 1. The Morgan fingerprint density at radius 1 is 1.07 bits per heavy atom. The van der Waals surface area contributed by atoms with Crippen LogP contribution < -0.4 is 19.8 Å². The van der Waals surface area contributed by atoms with E-state index in [2.05, 4.69) is 10.4 Å². The fourth-order valence-corrected chi connectivity index (χ4v) is 3.12. The van der Waals surface area contributed by atoms with Gasteiger partial charge in [-0.1, -0.05) is 12.1 Å². The molecule has 0 fully saturated rings. The molecule has 2 heterocycles. The van der Waals surface area contributed by atoms with Crippen molar-refractivity contribution in [3.63, 3.8) is 0 Å². The minimum Gasteiger partial charge on any atom is -0.490 e. The molecule has 0 atom stereocenters. The van der Waals surface area contributed by atoms with Crippen molar-refractivity contribution in [2.45, 2.75) is 26.2 Å². The molecule has 2 aromatic rings. The van der Waals surface area contributed by atoms with Crippen LogP contribution in [-0.4, -0.2) is 30.7 Å². The molecule has 7 heteroatoms. The van der Waals surface area contributed by atoms with Gasteiger partial charge in [0.1, 0.15) is 5.71 Å². The van der Waals surface area contributed by atoms with Crippen LogP contribution in [0.4, 0.5) is 11.4 Å². The molecule has 28 heavy (non-hydrogen) atoms. The van der Waals surface area contributed by atoms with Gasteiger partial charge in [-0.15, -0.1) is 0 Å². The molecule has 2 aromatic carbocycles. The molecule has 7 nitrogen and oxygen atoms in total. The quantitative estimate of drug-likeness (QED) is 0.888. The van der Waals surface area contributed by atoms with Crippen LogP contribution in [0.2, 0.25) is 0 Å². The molecule has 0 saturated carbocycles. The summed E-state index contributed by atoms with van der Waals surface area (Å²) < 4.78 is 11.3. The highest BCUT2D eigenvalue weighted by molar-refractivity contribution is 6.44. The molecule has 2 amide bonds. The number of rotatable bonds is 3. The minimum absolute atomic E-state index is 0.127. The lowest BCUT2D eigenvalue weighted by Crippen LogP contribution is -2.36. The van der Waals surface area contributed by atoms with Gasteiger partial charge in [0.15, 0.2) is 11.5 Å². The molecule has 0 aromatic heterocycles. The van der Waals surface area contributed by atoms with E-state index in [1.165, 1.54) is 5.01 Å². The van der Waals surface area contributed by atoms with E-state index in [0.717, 1.165) is 12.0 Å². The topological polar surface area (TPSA) is 80.2 Å². The number of nitrogens with zero attached hydrogens (tertiary/aromatic N) is 2. The summed E-state index contributed by atoms with van der Waals surface area (Å²) in [6.07, 6.45) is 1.36. The summed E-state index contributed by atoms with van der Waals surface area (Å²) in [6.45, 7) is 3.13. The third-order valence-electron chi connectivity index (χ3n) is 4.55. The van der Waals surface area contributed by atoms with E-state index in [9.17, 15) is 9.59 Å². The van der Waals surface area contributed by atoms with Crippen molar-refractivity contribution in [1.29, 1.82) is 0 Å². The van der Waals surface area contributed by atoms with E-state index in [4.69, 9.17) is 9.47 Å². The largest absolute Gasteiger partial charge is 0.490 e. The zero-order valence-corrected chi connectivity index (χ0v) is 15.6. The highest BCUT2D eigenvalue weighted by Crippen LogP contribution is 2.32. The molecular formula is C21H21N3O4. The molecule has 144 valence electrons. The van der Waals surface area contributed by atoms with Crippen molar-refractivity contribution < 1.29 is 19.1 Å². The van der Waals surface area contributed by atoms with Gasteiger partial charge in [0.25, 0.3) is 5.91 Å². The predicted octanol–water partition coefficient (Wildman–Crippen LogP) is 3.28. The lowest BCUT2D eigenvalue weighted by Gasteiger charge is -2.23. The van der Waals surface area contributed by atoms with Crippen LogP contribution in [-0.2, 0) is 9.59 Å². The van der Waals surface area contributed by atoms with Crippen LogP contribution in [0.25, 0.3) is 0 Å². The molecule has 0 bridgehead atoms. The molecule has 2 aliphatic rings. The van der Waals surface area contributed by atoms with Crippen LogP contribution in [0.15, 0.2) is 47.6 Å². The van der Waals surface area contributed by atoms with Crippen LogP contribution >= 0.6 is 0 Å². The normalized spacial score (nSPS) is 16.2. The number of benzene rings is 2. The highest BCUT2D eigenvalue weighted by atomic mass is 16.5. The van der Waals surface area contributed by atoms with E-state index in [1.807, 2.05) is 25.1 Å². The molecule has 4 rings (SSSR count). The van der Waals surface area contributed by atoms with Gasteiger partial charge in [-0.25, -0.2) is 5.01 Å². The number of ether oxygens (including phenoxy) is 2. The first-order valence-corrected chi connectivity index (χ1v) is 9.28. The second-order valence-electron chi connectivity index (χ2n) is 6.76. The van der Waals surface area contributed by atoms with Gasteiger partial charge < -0.3 is 14.8 Å². The minimum atomic E-state index is -0.334. The van der Waals surface area contributed by atoms with E-state index in [0.29, 0.717) is 48.2 Å². The zero-order valence-electron chi connectivity index (χ0n) is 15.6. The van der Waals surface area contributed by atoms with Gasteiger partial charge in [-0.3, -0.25) is 9.59 Å². The second kappa shape index (κ2) is 7.72. The zero-order chi connectivity index (χ0) is 19.5. The lowest BCUT2D eigenvalue weighted by molar-refractivity contribution is -0.118. The highest BCUT2D eigenvalue weighted by Gasteiger charge is 2.26. The monoisotopic (exact) mass is 379 g/mol. The first-order chi connectivity index (χ1) is 13.6. The van der Waals surface area contributed by atoms with E-state index < -0.39 is 0 Å². The smallest absolute Gasteiger partial charge is 0.271 e. The van der Waals surface area contributed by atoms with Crippen LogP contribution in [0, 0.1) is 6.92 Å². The fourth-order valence-electron chi connectivity index (χ4n) is 3.12. The molecule has 0 aliphatic carbocycles.